The zero-order valence-electron chi connectivity index (χ0n) is 15.2. The summed E-state index contributed by atoms with van der Waals surface area (Å²) in [6.45, 7) is 4.98. The van der Waals surface area contributed by atoms with Gasteiger partial charge >= 0.3 is 0 Å². The lowest BCUT2D eigenvalue weighted by Crippen LogP contribution is -2.50. The molecule has 27 heavy (non-hydrogen) atoms. The number of amides is 1. The summed E-state index contributed by atoms with van der Waals surface area (Å²) >= 11 is 0. The molecule has 4 rings (SSSR count). The van der Waals surface area contributed by atoms with Crippen molar-refractivity contribution in [1.82, 2.24) is 30.1 Å². The first-order valence-corrected chi connectivity index (χ1v) is 8.98. The van der Waals surface area contributed by atoms with E-state index in [0.29, 0.717) is 18.9 Å². The van der Waals surface area contributed by atoms with Crippen LogP contribution in [-0.4, -0.2) is 62.2 Å². The Kier molecular flexibility index (Phi) is 4.78. The molecule has 0 radical (unpaired) electrons. The van der Waals surface area contributed by atoms with Crippen LogP contribution in [0.2, 0.25) is 0 Å². The van der Waals surface area contributed by atoms with E-state index in [2.05, 4.69) is 25.3 Å². The number of rotatable bonds is 4. The Balaban J connectivity index is 1.34. The Morgan fingerprint density at radius 2 is 1.81 bits per heavy atom. The lowest BCUT2D eigenvalue weighted by molar-refractivity contribution is -0.132. The molecule has 1 fully saturated rings. The van der Waals surface area contributed by atoms with Crippen LogP contribution in [0.5, 0.6) is 0 Å². The van der Waals surface area contributed by atoms with Crippen LogP contribution in [-0.2, 0) is 11.3 Å². The number of aryl methyl sites for hydroxylation is 1. The fourth-order valence-electron chi connectivity index (χ4n) is 3.08. The summed E-state index contributed by atoms with van der Waals surface area (Å²) in [6, 6.07) is 13.8. The third-order valence-electron chi connectivity index (χ3n) is 4.64. The predicted molar refractivity (Wildman–Crippen MR) is 101 cm³/mol. The van der Waals surface area contributed by atoms with E-state index < -0.39 is 0 Å². The van der Waals surface area contributed by atoms with Gasteiger partial charge in [-0.05, 0) is 24.3 Å². The fraction of sp³-hybridized carbons (Fsp3) is 0.316. The van der Waals surface area contributed by atoms with E-state index in [4.69, 9.17) is 0 Å². The van der Waals surface area contributed by atoms with Crippen molar-refractivity contribution in [2.24, 2.45) is 0 Å². The highest BCUT2D eigenvalue weighted by atomic mass is 16.2. The van der Waals surface area contributed by atoms with Gasteiger partial charge in [-0.15, -0.1) is 10.2 Å². The molecular weight excluding hydrogens is 342 g/mol. The van der Waals surface area contributed by atoms with E-state index in [9.17, 15) is 4.79 Å². The minimum absolute atomic E-state index is 0.00327. The molecule has 1 amide bonds. The van der Waals surface area contributed by atoms with Crippen molar-refractivity contribution in [3.63, 3.8) is 0 Å². The van der Waals surface area contributed by atoms with E-state index in [1.165, 1.54) is 10.4 Å². The molecule has 138 valence electrons. The summed E-state index contributed by atoms with van der Waals surface area (Å²) in [4.78, 5) is 22.3. The molecule has 0 bridgehead atoms. The number of tetrazole rings is 1. The number of carbonyl (C=O) groups is 1. The molecule has 0 spiro atoms. The molecule has 8 nitrogen and oxygen atoms in total. The normalized spacial score (nSPS) is 14.4. The van der Waals surface area contributed by atoms with Gasteiger partial charge in [-0.25, -0.2) is 4.98 Å². The van der Waals surface area contributed by atoms with Gasteiger partial charge < -0.3 is 9.80 Å². The molecule has 1 aliphatic rings. The molecule has 1 aliphatic heterocycles. The molecule has 0 saturated carbocycles. The van der Waals surface area contributed by atoms with Gasteiger partial charge in [0, 0.05) is 37.9 Å². The van der Waals surface area contributed by atoms with E-state index in [1.54, 1.807) is 6.20 Å². The number of carbonyl (C=O) groups excluding carboxylic acids is 1. The first kappa shape index (κ1) is 17.1. The zero-order chi connectivity index (χ0) is 18.6. The van der Waals surface area contributed by atoms with Crippen LogP contribution in [0.1, 0.15) is 5.56 Å². The van der Waals surface area contributed by atoms with Crippen LogP contribution in [0.15, 0.2) is 48.7 Å². The quantitative estimate of drug-likeness (QED) is 0.697. The average molecular weight is 363 g/mol. The standard InChI is InChI=1S/C19H21N7O/c1-15-5-7-16(8-6-15)19-21-23-26(22-19)14-18(27)25-12-10-24(11-13-25)17-4-2-3-9-20-17/h2-9H,10-14H2,1H3. The third-order valence-corrected chi connectivity index (χ3v) is 4.64. The maximum absolute atomic E-state index is 12.6. The monoisotopic (exact) mass is 363 g/mol. The minimum Gasteiger partial charge on any atom is -0.353 e. The fourth-order valence-corrected chi connectivity index (χ4v) is 3.08. The van der Waals surface area contributed by atoms with Crippen LogP contribution >= 0.6 is 0 Å². The minimum atomic E-state index is 0.00327. The number of hydrogen-bond acceptors (Lipinski definition) is 6. The van der Waals surface area contributed by atoms with Crippen molar-refractivity contribution in [2.75, 3.05) is 31.1 Å². The molecule has 0 aliphatic carbocycles. The molecule has 8 heteroatoms. The molecule has 0 N–H and O–H groups in total. The Labute approximate surface area is 157 Å². The lowest BCUT2D eigenvalue weighted by Gasteiger charge is -2.35. The van der Waals surface area contributed by atoms with Crippen molar-refractivity contribution in [3.8, 4) is 11.4 Å². The van der Waals surface area contributed by atoms with Gasteiger partial charge in [0.15, 0.2) is 0 Å². The predicted octanol–water partition coefficient (Wildman–Crippen LogP) is 1.39. The van der Waals surface area contributed by atoms with Gasteiger partial charge in [-0.1, -0.05) is 35.9 Å². The highest BCUT2D eigenvalue weighted by Gasteiger charge is 2.22. The van der Waals surface area contributed by atoms with Crippen LogP contribution in [0.25, 0.3) is 11.4 Å². The van der Waals surface area contributed by atoms with Gasteiger partial charge in [-0.2, -0.15) is 4.80 Å². The summed E-state index contributed by atoms with van der Waals surface area (Å²) < 4.78 is 0. The van der Waals surface area contributed by atoms with Crippen LogP contribution in [0.3, 0.4) is 0 Å². The van der Waals surface area contributed by atoms with Gasteiger partial charge in [0.05, 0.1) is 0 Å². The number of benzene rings is 1. The Morgan fingerprint density at radius 1 is 1.04 bits per heavy atom. The molecular formula is C19H21N7O. The van der Waals surface area contributed by atoms with Crippen molar-refractivity contribution < 1.29 is 4.79 Å². The highest BCUT2D eigenvalue weighted by Crippen LogP contribution is 2.15. The average Bonchev–Trinajstić information content (AvgIpc) is 3.18. The second-order valence-electron chi connectivity index (χ2n) is 6.57. The van der Waals surface area contributed by atoms with Crippen molar-refractivity contribution in [3.05, 3.63) is 54.2 Å². The van der Waals surface area contributed by atoms with Crippen LogP contribution < -0.4 is 4.90 Å². The number of hydrogen-bond donors (Lipinski definition) is 0. The first-order valence-electron chi connectivity index (χ1n) is 8.98. The van der Waals surface area contributed by atoms with E-state index in [0.717, 1.165) is 24.5 Å². The van der Waals surface area contributed by atoms with Crippen molar-refractivity contribution >= 4 is 11.7 Å². The topological polar surface area (TPSA) is 80.0 Å². The number of nitrogens with zero attached hydrogens (tertiary/aromatic N) is 7. The highest BCUT2D eigenvalue weighted by molar-refractivity contribution is 5.76. The molecule has 3 heterocycles. The molecule has 0 unspecified atom stereocenters. The van der Waals surface area contributed by atoms with E-state index >= 15 is 0 Å². The Bertz CT molecular complexity index is 899. The maximum Gasteiger partial charge on any atom is 0.246 e. The summed E-state index contributed by atoms with van der Waals surface area (Å²) in [7, 11) is 0. The third kappa shape index (κ3) is 3.94. The Hall–Kier alpha value is -3.29. The van der Waals surface area contributed by atoms with Crippen molar-refractivity contribution in [1.29, 1.82) is 0 Å². The summed E-state index contributed by atoms with van der Waals surface area (Å²) in [6.07, 6.45) is 1.79. The lowest BCUT2D eigenvalue weighted by atomic mass is 10.1. The van der Waals surface area contributed by atoms with Gasteiger partial charge in [0.2, 0.25) is 11.7 Å². The number of pyridine rings is 1. The van der Waals surface area contributed by atoms with E-state index in [-0.39, 0.29) is 12.5 Å². The van der Waals surface area contributed by atoms with Gasteiger partial charge in [0.25, 0.3) is 0 Å². The van der Waals surface area contributed by atoms with Gasteiger partial charge in [0.1, 0.15) is 12.4 Å². The smallest absolute Gasteiger partial charge is 0.246 e. The summed E-state index contributed by atoms with van der Waals surface area (Å²) in [5.74, 6) is 1.48. The second kappa shape index (κ2) is 7.53. The molecule has 2 aromatic heterocycles. The number of piperazine rings is 1. The number of anilines is 1. The number of aromatic nitrogens is 5. The summed E-state index contributed by atoms with van der Waals surface area (Å²) in [5, 5.41) is 12.4. The molecule has 0 atom stereocenters. The summed E-state index contributed by atoms with van der Waals surface area (Å²) in [5.41, 5.74) is 2.06. The first-order chi connectivity index (χ1) is 13.2. The molecule has 1 saturated heterocycles. The van der Waals surface area contributed by atoms with Crippen LogP contribution in [0.4, 0.5) is 5.82 Å². The SMILES string of the molecule is Cc1ccc(-c2nnn(CC(=O)N3CCN(c4ccccn4)CC3)n2)cc1. The Morgan fingerprint density at radius 3 is 2.52 bits per heavy atom. The van der Waals surface area contributed by atoms with Gasteiger partial charge in [-0.3, -0.25) is 4.79 Å². The molecule has 1 aromatic carbocycles. The maximum atomic E-state index is 12.6. The molecule has 3 aromatic rings. The van der Waals surface area contributed by atoms with Crippen molar-refractivity contribution in [2.45, 2.75) is 13.5 Å². The second-order valence-corrected chi connectivity index (χ2v) is 6.57. The largest absolute Gasteiger partial charge is 0.353 e. The zero-order valence-corrected chi connectivity index (χ0v) is 15.2. The van der Waals surface area contributed by atoms with Crippen LogP contribution in [0, 0.1) is 6.92 Å². The van der Waals surface area contributed by atoms with E-state index in [1.807, 2.05) is 54.3 Å².